The van der Waals surface area contributed by atoms with E-state index in [1.807, 2.05) is 0 Å². The normalized spacial score (nSPS) is 21.5. The molecule has 0 saturated carbocycles. The second-order valence-electron chi connectivity index (χ2n) is 4.23. The second-order valence-corrected chi connectivity index (χ2v) is 4.23. The molecular formula is C12H13F4N. The molecule has 5 heteroatoms. The van der Waals surface area contributed by atoms with Crippen molar-refractivity contribution in [3.8, 4) is 0 Å². The third-order valence-electron chi connectivity index (χ3n) is 3.01. The van der Waals surface area contributed by atoms with Gasteiger partial charge in [-0.3, -0.25) is 0 Å². The third-order valence-corrected chi connectivity index (χ3v) is 3.01. The van der Waals surface area contributed by atoms with Gasteiger partial charge < -0.3 is 5.32 Å². The molecule has 0 amide bonds. The molecule has 0 unspecified atom stereocenters. The summed E-state index contributed by atoms with van der Waals surface area (Å²) in [6.45, 7) is 0.708. The van der Waals surface area contributed by atoms with Crippen LogP contribution in [0.3, 0.4) is 0 Å². The SMILES string of the molecule is Fc1ccc([C@H]2CCCCN2)c(C(F)(F)F)c1. The van der Waals surface area contributed by atoms with Crippen molar-refractivity contribution in [1.29, 1.82) is 0 Å². The van der Waals surface area contributed by atoms with E-state index in [0.29, 0.717) is 19.0 Å². The van der Waals surface area contributed by atoms with Crippen LogP contribution >= 0.6 is 0 Å². The summed E-state index contributed by atoms with van der Waals surface area (Å²) in [6.07, 6.45) is -1.98. The summed E-state index contributed by atoms with van der Waals surface area (Å²) < 4.78 is 51.3. The topological polar surface area (TPSA) is 12.0 Å². The molecule has 1 aromatic carbocycles. The van der Waals surface area contributed by atoms with E-state index in [9.17, 15) is 17.6 Å². The van der Waals surface area contributed by atoms with E-state index in [1.54, 1.807) is 0 Å². The zero-order chi connectivity index (χ0) is 12.5. The average Bonchev–Trinajstić information content (AvgIpc) is 2.29. The van der Waals surface area contributed by atoms with Crippen LogP contribution in [0.25, 0.3) is 0 Å². The van der Waals surface area contributed by atoms with Crippen molar-refractivity contribution in [1.82, 2.24) is 5.32 Å². The Labute approximate surface area is 96.8 Å². The first-order chi connectivity index (χ1) is 7.98. The Hall–Kier alpha value is -1.10. The largest absolute Gasteiger partial charge is 0.416 e. The molecule has 0 bridgehead atoms. The fourth-order valence-corrected chi connectivity index (χ4v) is 2.20. The molecule has 1 saturated heterocycles. The van der Waals surface area contributed by atoms with Gasteiger partial charge in [0.2, 0.25) is 0 Å². The lowest BCUT2D eigenvalue weighted by Crippen LogP contribution is -2.28. The van der Waals surface area contributed by atoms with Crippen LogP contribution in [0.2, 0.25) is 0 Å². The molecule has 1 N–H and O–H groups in total. The molecule has 0 aliphatic carbocycles. The smallest absolute Gasteiger partial charge is 0.310 e. The van der Waals surface area contributed by atoms with E-state index in [1.165, 1.54) is 6.07 Å². The Balaban J connectivity index is 2.38. The Kier molecular flexibility index (Phi) is 3.38. The number of piperidine rings is 1. The monoisotopic (exact) mass is 247 g/mol. The van der Waals surface area contributed by atoms with E-state index < -0.39 is 17.6 Å². The van der Waals surface area contributed by atoms with Gasteiger partial charge in [-0.15, -0.1) is 0 Å². The maximum absolute atomic E-state index is 12.9. The first-order valence-corrected chi connectivity index (χ1v) is 5.58. The number of nitrogens with one attached hydrogen (secondary N) is 1. The van der Waals surface area contributed by atoms with Crippen molar-refractivity contribution in [3.05, 3.63) is 35.1 Å². The maximum Gasteiger partial charge on any atom is 0.416 e. The van der Waals surface area contributed by atoms with Crippen LogP contribution in [0.15, 0.2) is 18.2 Å². The van der Waals surface area contributed by atoms with Crippen LogP contribution in [0.4, 0.5) is 17.6 Å². The zero-order valence-electron chi connectivity index (χ0n) is 9.15. The minimum absolute atomic E-state index is 0.151. The fraction of sp³-hybridized carbons (Fsp3) is 0.500. The number of alkyl halides is 3. The van der Waals surface area contributed by atoms with Crippen molar-refractivity contribution in [3.63, 3.8) is 0 Å². The summed E-state index contributed by atoms with van der Waals surface area (Å²) in [6, 6.07) is 2.58. The van der Waals surface area contributed by atoms with Crippen LogP contribution in [0.1, 0.15) is 36.4 Å². The summed E-state index contributed by atoms with van der Waals surface area (Å²) in [4.78, 5) is 0. The molecule has 1 aromatic rings. The highest BCUT2D eigenvalue weighted by atomic mass is 19.4. The summed E-state index contributed by atoms with van der Waals surface area (Å²) in [5, 5.41) is 3.04. The fourth-order valence-electron chi connectivity index (χ4n) is 2.20. The number of benzene rings is 1. The van der Waals surface area contributed by atoms with Gasteiger partial charge in [-0.1, -0.05) is 12.5 Å². The molecule has 0 aromatic heterocycles. The van der Waals surface area contributed by atoms with Gasteiger partial charge in [0.1, 0.15) is 5.82 Å². The van der Waals surface area contributed by atoms with Crippen LogP contribution in [0.5, 0.6) is 0 Å². The number of hydrogen-bond donors (Lipinski definition) is 1. The highest BCUT2D eigenvalue weighted by Gasteiger charge is 2.35. The summed E-state index contributed by atoms with van der Waals surface area (Å²) in [5.41, 5.74) is -0.712. The van der Waals surface area contributed by atoms with E-state index in [4.69, 9.17) is 0 Å². The molecule has 1 aliphatic heterocycles. The average molecular weight is 247 g/mol. The lowest BCUT2D eigenvalue weighted by molar-refractivity contribution is -0.138. The highest BCUT2D eigenvalue weighted by Crippen LogP contribution is 2.37. The highest BCUT2D eigenvalue weighted by molar-refractivity contribution is 5.33. The Morgan fingerprint density at radius 1 is 1.18 bits per heavy atom. The van der Waals surface area contributed by atoms with Crippen LogP contribution in [-0.4, -0.2) is 6.54 Å². The number of halogens is 4. The first kappa shape index (κ1) is 12.4. The molecule has 1 fully saturated rings. The van der Waals surface area contributed by atoms with Crippen molar-refractivity contribution in [2.45, 2.75) is 31.5 Å². The van der Waals surface area contributed by atoms with Gasteiger partial charge in [0.15, 0.2) is 0 Å². The van der Waals surface area contributed by atoms with Crippen molar-refractivity contribution < 1.29 is 17.6 Å². The Morgan fingerprint density at radius 2 is 1.94 bits per heavy atom. The van der Waals surface area contributed by atoms with Gasteiger partial charge in [-0.25, -0.2) is 4.39 Å². The van der Waals surface area contributed by atoms with E-state index >= 15 is 0 Å². The summed E-state index contributed by atoms with van der Waals surface area (Å²) in [5.74, 6) is -0.850. The van der Waals surface area contributed by atoms with E-state index in [0.717, 1.165) is 18.9 Å². The Bertz CT molecular complexity index is 394. The third kappa shape index (κ3) is 2.77. The summed E-state index contributed by atoms with van der Waals surface area (Å²) >= 11 is 0. The van der Waals surface area contributed by atoms with Gasteiger partial charge in [0.05, 0.1) is 5.56 Å². The van der Waals surface area contributed by atoms with Gasteiger partial charge in [-0.2, -0.15) is 13.2 Å². The number of hydrogen-bond acceptors (Lipinski definition) is 1. The molecule has 1 nitrogen and oxygen atoms in total. The zero-order valence-corrected chi connectivity index (χ0v) is 9.15. The lowest BCUT2D eigenvalue weighted by atomic mass is 9.93. The van der Waals surface area contributed by atoms with Gasteiger partial charge in [-0.05, 0) is 37.1 Å². The van der Waals surface area contributed by atoms with Crippen molar-refractivity contribution in [2.24, 2.45) is 0 Å². The minimum Gasteiger partial charge on any atom is -0.310 e. The molecule has 94 valence electrons. The second kappa shape index (κ2) is 4.64. The quantitative estimate of drug-likeness (QED) is 0.747. The molecule has 1 heterocycles. The van der Waals surface area contributed by atoms with Crippen molar-refractivity contribution >= 4 is 0 Å². The molecular weight excluding hydrogens is 234 g/mol. The van der Waals surface area contributed by atoms with Gasteiger partial charge in [0, 0.05) is 6.04 Å². The molecule has 2 rings (SSSR count). The predicted molar refractivity (Wildman–Crippen MR) is 56.0 cm³/mol. The molecule has 0 spiro atoms. The van der Waals surface area contributed by atoms with Crippen LogP contribution in [-0.2, 0) is 6.18 Å². The summed E-state index contributed by atoms with van der Waals surface area (Å²) in [7, 11) is 0. The number of rotatable bonds is 1. The molecule has 0 radical (unpaired) electrons. The standard InChI is InChI=1S/C12H13F4N/c13-8-4-5-9(10(7-8)12(14,15)16)11-3-1-2-6-17-11/h4-5,7,11,17H,1-3,6H2/t11-/m1/s1. The predicted octanol–water partition coefficient (Wildman–Crippen LogP) is 3.66. The van der Waals surface area contributed by atoms with Crippen LogP contribution < -0.4 is 5.32 Å². The molecule has 17 heavy (non-hydrogen) atoms. The Morgan fingerprint density at radius 3 is 2.53 bits per heavy atom. The van der Waals surface area contributed by atoms with Crippen molar-refractivity contribution in [2.75, 3.05) is 6.54 Å². The van der Waals surface area contributed by atoms with Gasteiger partial charge in [0.25, 0.3) is 0 Å². The van der Waals surface area contributed by atoms with E-state index in [2.05, 4.69) is 5.32 Å². The molecule has 1 aliphatic rings. The lowest BCUT2D eigenvalue weighted by Gasteiger charge is -2.26. The molecule has 1 atom stereocenters. The first-order valence-electron chi connectivity index (χ1n) is 5.58. The maximum atomic E-state index is 12.9. The van der Waals surface area contributed by atoms with Gasteiger partial charge >= 0.3 is 6.18 Å². The van der Waals surface area contributed by atoms with E-state index in [-0.39, 0.29) is 11.6 Å². The van der Waals surface area contributed by atoms with Crippen LogP contribution in [0, 0.1) is 5.82 Å². The minimum atomic E-state index is -4.50.